The highest BCUT2D eigenvalue weighted by atomic mass is 16.4. The minimum atomic E-state index is -0.705. The van der Waals surface area contributed by atoms with Crippen molar-refractivity contribution in [3.8, 4) is 0 Å². The fourth-order valence-corrected chi connectivity index (χ4v) is 1.41. The quantitative estimate of drug-likeness (QED) is 0.660. The van der Waals surface area contributed by atoms with Crippen LogP contribution in [0.25, 0.3) is 0 Å². The van der Waals surface area contributed by atoms with Crippen molar-refractivity contribution in [3.63, 3.8) is 0 Å². The first kappa shape index (κ1) is 14.4. The van der Waals surface area contributed by atoms with Crippen LogP contribution in [0.3, 0.4) is 0 Å². The molecule has 15 heavy (non-hydrogen) atoms. The predicted octanol–water partition coefficient (Wildman–Crippen LogP) is 1.12. The Morgan fingerprint density at radius 1 is 1.27 bits per heavy atom. The summed E-state index contributed by atoms with van der Waals surface area (Å²) in [5.41, 5.74) is 0. The van der Waals surface area contributed by atoms with Gasteiger partial charge in [-0.1, -0.05) is 0 Å². The normalized spacial score (nSPS) is 13.5. The van der Waals surface area contributed by atoms with Gasteiger partial charge in [0.25, 0.3) is 0 Å². The molecule has 0 amide bonds. The standard InChI is InChI=1S/C11H24N2O2/c1-10(6-7-11(14)15)13(4)9-5-8-12(2)3/h10H,5-9H2,1-4H3,(H,14,15). The molecule has 0 aliphatic carbocycles. The zero-order valence-corrected chi connectivity index (χ0v) is 10.4. The molecule has 4 nitrogen and oxygen atoms in total. The summed E-state index contributed by atoms with van der Waals surface area (Å²) in [5, 5.41) is 8.57. The van der Waals surface area contributed by atoms with Crippen LogP contribution in [0, 0.1) is 0 Å². The largest absolute Gasteiger partial charge is 0.481 e. The van der Waals surface area contributed by atoms with Gasteiger partial charge in [-0.25, -0.2) is 0 Å². The minimum Gasteiger partial charge on any atom is -0.481 e. The molecule has 0 fully saturated rings. The van der Waals surface area contributed by atoms with Crippen molar-refractivity contribution >= 4 is 5.97 Å². The fourth-order valence-electron chi connectivity index (χ4n) is 1.41. The second kappa shape index (κ2) is 7.65. The molecular weight excluding hydrogens is 192 g/mol. The molecule has 1 unspecified atom stereocenters. The molecule has 90 valence electrons. The number of rotatable bonds is 8. The Morgan fingerprint density at radius 3 is 2.33 bits per heavy atom. The van der Waals surface area contributed by atoms with Crippen molar-refractivity contribution in [1.29, 1.82) is 0 Å². The van der Waals surface area contributed by atoms with E-state index >= 15 is 0 Å². The monoisotopic (exact) mass is 216 g/mol. The van der Waals surface area contributed by atoms with Crippen molar-refractivity contribution < 1.29 is 9.90 Å². The lowest BCUT2D eigenvalue weighted by molar-refractivity contribution is -0.137. The van der Waals surface area contributed by atoms with Crippen molar-refractivity contribution in [2.45, 2.75) is 32.2 Å². The summed E-state index contributed by atoms with van der Waals surface area (Å²) in [6, 6.07) is 0.350. The van der Waals surface area contributed by atoms with Crippen molar-refractivity contribution in [2.24, 2.45) is 0 Å². The number of carbonyl (C=O) groups is 1. The molecule has 0 saturated carbocycles. The van der Waals surface area contributed by atoms with E-state index in [0.29, 0.717) is 6.04 Å². The molecule has 0 aliphatic heterocycles. The first-order valence-electron chi connectivity index (χ1n) is 5.50. The third-order valence-corrected chi connectivity index (χ3v) is 2.64. The Morgan fingerprint density at radius 2 is 1.87 bits per heavy atom. The molecule has 1 N–H and O–H groups in total. The lowest BCUT2D eigenvalue weighted by atomic mass is 10.1. The minimum absolute atomic E-state index is 0.263. The zero-order valence-electron chi connectivity index (χ0n) is 10.4. The number of nitrogens with zero attached hydrogens (tertiary/aromatic N) is 2. The van der Waals surface area contributed by atoms with Crippen LogP contribution < -0.4 is 0 Å². The summed E-state index contributed by atoms with van der Waals surface area (Å²) >= 11 is 0. The number of aliphatic carboxylic acids is 1. The number of hydrogen-bond donors (Lipinski definition) is 1. The highest BCUT2D eigenvalue weighted by Crippen LogP contribution is 2.05. The zero-order chi connectivity index (χ0) is 11.8. The van der Waals surface area contributed by atoms with Crippen LogP contribution >= 0.6 is 0 Å². The topological polar surface area (TPSA) is 43.8 Å². The van der Waals surface area contributed by atoms with Crippen molar-refractivity contribution in [3.05, 3.63) is 0 Å². The summed E-state index contributed by atoms with van der Waals surface area (Å²) in [7, 11) is 6.18. The molecule has 0 aromatic rings. The molecule has 0 heterocycles. The van der Waals surface area contributed by atoms with Gasteiger partial charge in [-0.05, 0) is 54.0 Å². The average molecular weight is 216 g/mol. The van der Waals surface area contributed by atoms with Gasteiger partial charge in [0.15, 0.2) is 0 Å². The first-order valence-corrected chi connectivity index (χ1v) is 5.50. The first-order chi connectivity index (χ1) is 6.93. The third kappa shape index (κ3) is 8.39. The Hall–Kier alpha value is -0.610. The maximum absolute atomic E-state index is 10.4. The molecule has 0 bridgehead atoms. The second-order valence-electron chi connectivity index (χ2n) is 4.42. The third-order valence-electron chi connectivity index (χ3n) is 2.64. The van der Waals surface area contributed by atoms with Crippen LogP contribution in [0.5, 0.6) is 0 Å². The highest BCUT2D eigenvalue weighted by Gasteiger charge is 2.10. The highest BCUT2D eigenvalue weighted by molar-refractivity contribution is 5.66. The van der Waals surface area contributed by atoms with Gasteiger partial charge in [0.05, 0.1) is 0 Å². The number of hydrogen-bond acceptors (Lipinski definition) is 3. The molecule has 0 aliphatic rings. The van der Waals surface area contributed by atoms with Gasteiger partial charge in [-0.15, -0.1) is 0 Å². The molecule has 0 spiro atoms. The van der Waals surface area contributed by atoms with Crippen molar-refractivity contribution in [2.75, 3.05) is 34.2 Å². The Kier molecular flexibility index (Phi) is 7.34. The molecular formula is C11H24N2O2. The molecule has 0 aromatic carbocycles. The van der Waals surface area contributed by atoms with E-state index in [-0.39, 0.29) is 6.42 Å². The number of carboxylic acid groups (broad SMARTS) is 1. The SMILES string of the molecule is CC(CCC(=O)O)N(C)CCCN(C)C. The summed E-state index contributed by atoms with van der Waals surface area (Å²) in [6.07, 6.45) is 2.12. The second-order valence-corrected chi connectivity index (χ2v) is 4.42. The fraction of sp³-hybridized carbons (Fsp3) is 0.909. The van der Waals surface area contributed by atoms with E-state index in [1.165, 1.54) is 0 Å². The number of carboxylic acids is 1. The van der Waals surface area contributed by atoms with E-state index in [1.54, 1.807) is 0 Å². The van der Waals surface area contributed by atoms with E-state index in [4.69, 9.17) is 5.11 Å². The Bertz CT molecular complexity index is 183. The van der Waals surface area contributed by atoms with Gasteiger partial charge in [0, 0.05) is 12.5 Å². The molecule has 4 heteroatoms. The summed E-state index contributed by atoms with van der Waals surface area (Å²) in [5.74, 6) is -0.705. The van der Waals surface area contributed by atoms with E-state index in [1.807, 2.05) is 0 Å². The summed E-state index contributed by atoms with van der Waals surface area (Å²) < 4.78 is 0. The Labute approximate surface area is 92.9 Å². The maximum atomic E-state index is 10.4. The van der Waals surface area contributed by atoms with Crippen LogP contribution in [0.15, 0.2) is 0 Å². The van der Waals surface area contributed by atoms with Gasteiger partial charge in [-0.2, -0.15) is 0 Å². The predicted molar refractivity (Wildman–Crippen MR) is 62.1 cm³/mol. The van der Waals surface area contributed by atoms with E-state index in [2.05, 4.69) is 37.9 Å². The average Bonchev–Trinajstić information content (AvgIpc) is 2.13. The van der Waals surface area contributed by atoms with Gasteiger partial charge in [-0.3, -0.25) is 4.79 Å². The molecule has 0 radical (unpaired) electrons. The smallest absolute Gasteiger partial charge is 0.303 e. The van der Waals surface area contributed by atoms with Crippen LogP contribution in [-0.2, 0) is 4.79 Å². The summed E-state index contributed by atoms with van der Waals surface area (Å²) in [6.45, 7) is 4.19. The molecule has 1 atom stereocenters. The molecule has 0 saturated heterocycles. The van der Waals surface area contributed by atoms with Crippen LogP contribution in [0.1, 0.15) is 26.2 Å². The lowest BCUT2D eigenvalue weighted by Crippen LogP contribution is -2.32. The van der Waals surface area contributed by atoms with E-state index < -0.39 is 5.97 Å². The van der Waals surface area contributed by atoms with E-state index in [0.717, 1.165) is 25.9 Å². The molecule has 0 aromatic heterocycles. The van der Waals surface area contributed by atoms with Gasteiger partial charge >= 0.3 is 5.97 Å². The van der Waals surface area contributed by atoms with Crippen LogP contribution in [0.2, 0.25) is 0 Å². The lowest BCUT2D eigenvalue weighted by Gasteiger charge is -2.24. The molecule has 0 rings (SSSR count). The van der Waals surface area contributed by atoms with Gasteiger partial charge < -0.3 is 14.9 Å². The van der Waals surface area contributed by atoms with Gasteiger partial charge in [0.2, 0.25) is 0 Å². The van der Waals surface area contributed by atoms with E-state index in [9.17, 15) is 4.79 Å². The van der Waals surface area contributed by atoms with Gasteiger partial charge in [0.1, 0.15) is 0 Å². The van der Waals surface area contributed by atoms with Crippen LogP contribution in [-0.4, -0.2) is 61.2 Å². The van der Waals surface area contributed by atoms with Crippen molar-refractivity contribution in [1.82, 2.24) is 9.80 Å². The van der Waals surface area contributed by atoms with Crippen LogP contribution in [0.4, 0.5) is 0 Å². The summed E-state index contributed by atoms with van der Waals surface area (Å²) in [4.78, 5) is 14.8. The Balaban J connectivity index is 3.59. The maximum Gasteiger partial charge on any atom is 0.303 e.